The molecular formula is C16H18N4O11. The molecule has 0 spiro atoms. The maximum atomic E-state index is 12.9. The van der Waals surface area contributed by atoms with Crippen LogP contribution in [0.2, 0.25) is 0 Å². The van der Waals surface area contributed by atoms with E-state index in [1.54, 1.807) is 0 Å². The number of aromatic nitrogens is 4. The molecule has 0 radical (unpaired) electrons. The molecule has 0 saturated carbocycles. The summed E-state index contributed by atoms with van der Waals surface area (Å²) in [6.07, 6.45) is -5.39. The fraction of sp³-hybridized carbons (Fsp3) is 0.562. The maximum absolute atomic E-state index is 12.9. The summed E-state index contributed by atoms with van der Waals surface area (Å²) >= 11 is 0. The van der Waals surface area contributed by atoms with E-state index in [9.17, 15) is 29.2 Å². The van der Waals surface area contributed by atoms with Crippen molar-refractivity contribution in [2.24, 2.45) is 7.05 Å². The van der Waals surface area contributed by atoms with Gasteiger partial charge in [-0.2, -0.15) is 0 Å². The third-order valence-corrected chi connectivity index (χ3v) is 4.42. The molecule has 1 fully saturated rings. The molecular weight excluding hydrogens is 424 g/mol. The summed E-state index contributed by atoms with van der Waals surface area (Å²) in [5.74, 6) is -2.24. The van der Waals surface area contributed by atoms with E-state index >= 15 is 0 Å². The second-order valence-corrected chi connectivity index (χ2v) is 6.63. The molecule has 4 atom stereocenters. The summed E-state index contributed by atoms with van der Waals surface area (Å²) in [7, 11) is 1.10. The molecule has 2 aromatic rings. The van der Waals surface area contributed by atoms with E-state index in [1.165, 1.54) is 0 Å². The standard InChI is InChI=1S/C16H18N4O11/c1-6(21)27-5-9-11(28-7(2)22)12(29-8(3)23)15(30-9)19-13-10(20(26)31-17-13)14(24)18(4)16(19)25/h9,11-12,15H,5H2,1-4H3/t9-,11-,12+,15+/m1/s1. The van der Waals surface area contributed by atoms with E-state index < -0.39 is 71.5 Å². The van der Waals surface area contributed by atoms with Gasteiger partial charge < -0.3 is 24.2 Å². The highest BCUT2D eigenvalue weighted by molar-refractivity contribution is 5.68. The highest BCUT2D eigenvalue weighted by Gasteiger charge is 2.52. The summed E-state index contributed by atoms with van der Waals surface area (Å²) in [5, 5.41) is 15.3. The van der Waals surface area contributed by atoms with Gasteiger partial charge in [0.2, 0.25) is 0 Å². The minimum atomic E-state index is -1.51. The number of esters is 3. The second-order valence-electron chi connectivity index (χ2n) is 6.63. The SMILES string of the molecule is CC(=O)OC[C@H]1O[C@H](n2c(=O)n(C)c(=O)c3c2no[n+]3[O-])[C@@H](OC(C)=O)[C@@H]1OC(C)=O. The van der Waals surface area contributed by atoms with Crippen LogP contribution in [0.3, 0.4) is 0 Å². The van der Waals surface area contributed by atoms with E-state index in [-0.39, 0.29) is 4.90 Å². The fourth-order valence-electron chi connectivity index (χ4n) is 3.20. The third-order valence-electron chi connectivity index (χ3n) is 4.42. The molecule has 15 nitrogen and oxygen atoms in total. The van der Waals surface area contributed by atoms with Crippen molar-refractivity contribution in [3.8, 4) is 0 Å². The Kier molecular flexibility index (Phi) is 5.79. The van der Waals surface area contributed by atoms with Crippen molar-refractivity contribution in [1.82, 2.24) is 14.3 Å². The van der Waals surface area contributed by atoms with Gasteiger partial charge in [0.1, 0.15) is 12.7 Å². The Balaban J connectivity index is 2.19. The van der Waals surface area contributed by atoms with Crippen molar-refractivity contribution in [2.75, 3.05) is 6.61 Å². The number of rotatable bonds is 5. The van der Waals surface area contributed by atoms with Crippen LogP contribution in [0, 0.1) is 5.21 Å². The number of hydrogen-bond donors (Lipinski definition) is 0. The van der Waals surface area contributed by atoms with Crippen LogP contribution < -0.4 is 16.2 Å². The molecule has 2 aromatic heterocycles. The van der Waals surface area contributed by atoms with Gasteiger partial charge in [-0.3, -0.25) is 28.4 Å². The Labute approximate surface area is 172 Å². The quantitative estimate of drug-likeness (QED) is 0.273. The van der Waals surface area contributed by atoms with Crippen LogP contribution in [0.1, 0.15) is 27.0 Å². The zero-order valence-electron chi connectivity index (χ0n) is 16.8. The normalized spacial score (nSPS) is 23.0. The van der Waals surface area contributed by atoms with E-state index in [0.29, 0.717) is 4.57 Å². The molecule has 0 bridgehead atoms. The molecule has 0 amide bonds. The largest absolute Gasteiger partial charge is 0.463 e. The topological polar surface area (TPSA) is 185 Å². The Bertz CT molecular complexity index is 1160. The first-order chi connectivity index (χ1) is 14.5. The molecule has 0 unspecified atom stereocenters. The average molecular weight is 442 g/mol. The molecule has 0 N–H and O–H groups in total. The molecule has 168 valence electrons. The molecule has 1 saturated heterocycles. The third kappa shape index (κ3) is 3.98. The number of fused-ring (bicyclic) bond motifs is 1. The number of carbonyl (C=O) groups is 3. The van der Waals surface area contributed by atoms with Crippen LogP contribution in [-0.2, 0) is 40.4 Å². The van der Waals surface area contributed by atoms with Crippen molar-refractivity contribution in [3.05, 3.63) is 26.0 Å². The smallest absolute Gasteiger partial charge is 0.336 e. The molecule has 31 heavy (non-hydrogen) atoms. The number of nitrogens with zero attached hydrogens (tertiary/aromatic N) is 4. The van der Waals surface area contributed by atoms with Gasteiger partial charge >= 0.3 is 40.3 Å². The van der Waals surface area contributed by atoms with E-state index in [2.05, 4.69) is 9.79 Å². The highest BCUT2D eigenvalue weighted by atomic mass is 16.8. The Morgan fingerprint density at radius 2 is 1.71 bits per heavy atom. The summed E-state index contributed by atoms with van der Waals surface area (Å²) in [6, 6.07) is 0. The zero-order valence-corrected chi connectivity index (χ0v) is 16.8. The second kappa shape index (κ2) is 8.17. The minimum Gasteiger partial charge on any atom is -0.463 e. The summed E-state index contributed by atoms with van der Waals surface area (Å²) in [5.41, 5.74) is -3.06. The van der Waals surface area contributed by atoms with Gasteiger partial charge in [0, 0.05) is 27.8 Å². The predicted molar refractivity (Wildman–Crippen MR) is 94.1 cm³/mol. The summed E-state index contributed by atoms with van der Waals surface area (Å²) < 4.78 is 26.9. The van der Waals surface area contributed by atoms with Gasteiger partial charge in [0.05, 0.1) is 5.16 Å². The average Bonchev–Trinajstić information content (AvgIpc) is 3.19. The first kappa shape index (κ1) is 21.9. The van der Waals surface area contributed by atoms with Crippen LogP contribution in [0.25, 0.3) is 11.2 Å². The lowest BCUT2D eigenvalue weighted by molar-refractivity contribution is -0.782. The lowest BCUT2D eigenvalue weighted by Crippen LogP contribution is -2.46. The van der Waals surface area contributed by atoms with Crippen LogP contribution in [0.15, 0.2) is 14.2 Å². The number of ether oxygens (including phenoxy) is 4. The Hall–Kier alpha value is -3.75. The van der Waals surface area contributed by atoms with Gasteiger partial charge in [-0.25, -0.2) is 9.36 Å². The molecule has 1 aliphatic rings. The minimum absolute atomic E-state index is 0.191. The molecule has 3 rings (SSSR count). The summed E-state index contributed by atoms with van der Waals surface area (Å²) in [6.45, 7) is 2.89. The lowest BCUT2D eigenvalue weighted by atomic mass is 10.1. The Morgan fingerprint density at radius 1 is 1.10 bits per heavy atom. The van der Waals surface area contributed by atoms with Gasteiger partial charge in [0.25, 0.3) is 0 Å². The van der Waals surface area contributed by atoms with Crippen molar-refractivity contribution >= 4 is 29.1 Å². The van der Waals surface area contributed by atoms with Crippen molar-refractivity contribution in [3.63, 3.8) is 0 Å². The Morgan fingerprint density at radius 3 is 2.29 bits per heavy atom. The van der Waals surface area contributed by atoms with Gasteiger partial charge in [0.15, 0.2) is 18.4 Å². The molecule has 1 aliphatic heterocycles. The number of carbonyl (C=O) groups excluding carboxylic acids is 3. The van der Waals surface area contributed by atoms with Gasteiger partial charge in [-0.05, 0) is 4.90 Å². The lowest BCUT2D eigenvalue weighted by Gasteiger charge is -2.23. The van der Waals surface area contributed by atoms with Crippen LogP contribution >= 0.6 is 0 Å². The summed E-state index contributed by atoms with van der Waals surface area (Å²) in [4.78, 5) is 59.5. The van der Waals surface area contributed by atoms with Gasteiger partial charge in [-0.15, -0.1) is 0 Å². The van der Waals surface area contributed by atoms with Crippen LogP contribution in [-0.4, -0.2) is 57.1 Å². The van der Waals surface area contributed by atoms with E-state index in [1.807, 2.05) is 0 Å². The van der Waals surface area contributed by atoms with E-state index in [0.717, 1.165) is 32.4 Å². The highest BCUT2D eigenvalue weighted by Crippen LogP contribution is 2.34. The molecule has 0 aromatic carbocycles. The maximum Gasteiger partial charge on any atom is 0.336 e. The molecule has 3 heterocycles. The van der Waals surface area contributed by atoms with Crippen molar-refractivity contribution in [2.45, 2.75) is 45.3 Å². The predicted octanol–water partition coefficient (Wildman–Crippen LogP) is -2.35. The molecule has 0 aliphatic carbocycles. The van der Waals surface area contributed by atoms with Crippen LogP contribution in [0.5, 0.6) is 0 Å². The van der Waals surface area contributed by atoms with Crippen molar-refractivity contribution < 1.29 is 42.9 Å². The molecule has 15 heteroatoms. The monoisotopic (exact) mass is 442 g/mol. The van der Waals surface area contributed by atoms with Gasteiger partial charge in [-0.1, -0.05) is 0 Å². The fourth-order valence-corrected chi connectivity index (χ4v) is 3.20. The van der Waals surface area contributed by atoms with E-state index in [4.69, 9.17) is 18.9 Å². The van der Waals surface area contributed by atoms with Crippen molar-refractivity contribution in [1.29, 1.82) is 0 Å². The zero-order chi connectivity index (χ0) is 23.0. The first-order valence-electron chi connectivity index (χ1n) is 8.87. The first-order valence-corrected chi connectivity index (χ1v) is 8.87. The van der Waals surface area contributed by atoms with Crippen LogP contribution in [0.4, 0.5) is 0 Å². The number of hydrogen-bond acceptors (Lipinski definition) is 12.